The molecule has 0 N–H and O–H groups in total. The van der Waals surface area contributed by atoms with Gasteiger partial charge in [0.25, 0.3) is 0 Å². The Morgan fingerprint density at radius 1 is 0.674 bits per heavy atom. The lowest BCUT2D eigenvalue weighted by atomic mass is 9.52. The molecule has 43 heavy (non-hydrogen) atoms. The molecule has 0 heterocycles. The van der Waals surface area contributed by atoms with Gasteiger partial charge in [-0.15, -0.1) is 0 Å². The van der Waals surface area contributed by atoms with Gasteiger partial charge in [-0.2, -0.15) is 0 Å². The molecule has 3 aliphatic rings. The van der Waals surface area contributed by atoms with E-state index in [1.807, 2.05) is 0 Å². The molecule has 1 saturated carbocycles. The molecule has 0 amide bonds. The third-order valence-corrected chi connectivity index (χ3v) is 10.9. The first-order chi connectivity index (χ1) is 20.8. The number of hydrogen-bond donors (Lipinski definition) is 0. The van der Waals surface area contributed by atoms with Crippen molar-refractivity contribution in [2.75, 3.05) is 0 Å². The predicted octanol–water partition coefficient (Wildman–Crippen LogP) is 9.77. The summed E-state index contributed by atoms with van der Waals surface area (Å²) in [6.45, 7) is 11.4. The fraction of sp³-hybridized carbons (Fsp3) is 0.450. The highest BCUT2D eigenvalue weighted by molar-refractivity contribution is 5.39. The van der Waals surface area contributed by atoms with Gasteiger partial charge in [-0.25, -0.2) is 0 Å². The van der Waals surface area contributed by atoms with E-state index in [2.05, 4.69) is 125 Å². The third-order valence-electron chi connectivity index (χ3n) is 10.9. The van der Waals surface area contributed by atoms with Crippen LogP contribution in [0.1, 0.15) is 82.9 Å². The topological polar surface area (TPSA) is 27.7 Å². The van der Waals surface area contributed by atoms with E-state index in [-0.39, 0.29) is 23.0 Å². The lowest BCUT2D eigenvalue weighted by Crippen LogP contribution is -2.63. The van der Waals surface area contributed by atoms with Gasteiger partial charge in [-0.3, -0.25) is 0 Å². The minimum atomic E-state index is -0.513. The summed E-state index contributed by atoms with van der Waals surface area (Å²) >= 11 is 0. The Hall–Kier alpha value is -2.98. The van der Waals surface area contributed by atoms with Crippen LogP contribution in [0.25, 0.3) is 0 Å². The fourth-order valence-electron chi connectivity index (χ4n) is 8.22. The summed E-state index contributed by atoms with van der Waals surface area (Å²) in [5, 5.41) is 0. The Bertz CT molecular complexity index is 1420. The number of rotatable bonds is 9. The highest BCUT2D eigenvalue weighted by Crippen LogP contribution is 2.61. The predicted molar refractivity (Wildman–Crippen MR) is 174 cm³/mol. The molecule has 0 radical (unpaired) electrons. The second kappa shape index (κ2) is 12.6. The first-order valence-corrected chi connectivity index (χ1v) is 16.2. The van der Waals surface area contributed by atoms with E-state index in [4.69, 9.17) is 14.2 Å². The largest absolute Gasteiger partial charge is 0.373 e. The van der Waals surface area contributed by atoms with E-state index in [1.54, 1.807) is 5.57 Å². The van der Waals surface area contributed by atoms with Gasteiger partial charge in [0.2, 0.25) is 0 Å². The average molecular weight is 577 g/mol. The molecule has 0 spiro atoms. The zero-order valence-electron chi connectivity index (χ0n) is 26.5. The van der Waals surface area contributed by atoms with Crippen LogP contribution in [0.2, 0.25) is 0 Å². The maximum atomic E-state index is 7.35. The van der Waals surface area contributed by atoms with Gasteiger partial charge in [0.1, 0.15) is 11.7 Å². The average Bonchev–Trinajstić information content (AvgIpc) is 3.02. The molecule has 0 aromatic heterocycles. The van der Waals surface area contributed by atoms with Crippen molar-refractivity contribution >= 4 is 0 Å². The van der Waals surface area contributed by atoms with E-state index in [9.17, 15) is 0 Å². The summed E-state index contributed by atoms with van der Waals surface area (Å²) in [5.74, 6) is 0. The number of hydrogen-bond acceptors (Lipinski definition) is 3. The van der Waals surface area contributed by atoms with E-state index in [0.717, 1.165) is 38.5 Å². The van der Waals surface area contributed by atoms with Gasteiger partial charge in [0.15, 0.2) is 0 Å². The Balaban J connectivity index is 1.43. The second-order valence-electron chi connectivity index (χ2n) is 13.7. The highest BCUT2D eigenvalue weighted by atomic mass is 16.6. The summed E-state index contributed by atoms with van der Waals surface area (Å²) in [7, 11) is 0. The molecule has 3 aromatic carbocycles. The van der Waals surface area contributed by atoms with Crippen LogP contribution in [0.3, 0.4) is 0 Å². The van der Waals surface area contributed by atoms with Crippen LogP contribution < -0.4 is 0 Å². The minimum absolute atomic E-state index is 0.115. The van der Waals surface area contributed by atoms with Crippen molar-refractivity contribution in [3.63, 3.8) is 0 Å². The molecule has 3 aliphatic carbocycles. The van der Waals surface area contributed by atoms with E-state index >= 15 is 0 Å². The monoisotopic (exact) mass is 576 g/mol. The highest BCUT2D eigenvalue weighted by Gasteiger charge is 2.61. The smallest absolute Gasteiger partial charge is 0.109 e. The molecule has 3 nitrogen and oxygen atoms in total. The summed E-state index contributed by atoms with van der Waals surface area (Å²) in [6, 6.07) is 31.9. The maximum Gasteiger partial charge on any atom is 0.109 e. The molecule has 0 saturated heterocycles. The van der Waals surface area contributed by atoms with Gasteiger partial charge < -0.3 is 14.2 Å². The number of fused-ring (bicyclic) bond motifs is 3. The van der Waals surface area contributed by atoms with Gasteiger partial charge in [0, 0.05) is 10.8 Å². The van der Waals surface area contributed by atoms with E-state index in [1.165, 1.54) is 27.8 Å². The number of allylic oxidation sites excluding steroid dienone is 2. The Morgan fingerprint density at radius 3 is 1.84 bits per heavy atom. The van der Waals surface area contributed by atoms with Gasteiger partial charge in [-0.05, 0) is 67.7 Å². The van der Waals surface area contributed by atoms with E-state index < -0.39 is 5.60 Å². The van der Waals surface area contributed by atoms with Gasteiger partial charge in [0.05, 0.1) is 25.9 Å². The molecule has 3 heteroatoms. The first-order valence-electron chi connectivity index (χ1n) is 16.2. The zero-order chi connectivity index (χ0) is 29.9. The number of benzene rings is 3. The molecule has 0 unspecified atom stereocenters. The lowest BCUT2D eigenvalue weighted by molar-refractivity contribution is -0.209. The number of ether oxygens (including phenoxy) is 3. The van der Waals surface area contributed by atoms with Crippen molar-refractivity contribution < 1.29 is 14.2 Å². The SMILES string of the molecule is CC1=C2CC[C@@]3(C)C(=CCC[C@@H]3OCc3ccccc3)[C@H](OCc3ccccc3)[C@@](OCc3ccccc3)(CC1)C2(C)C. The van der Waals surface area contributed by atoms with Crippen LogP contribution in [0.15, 0.2) is 114 Å². The van der Waals surface area contributed by atoms with Crippen LogP contribution >= 0.6 is 0 Å². The molecule has 6 rings (SSSR count). The van der Waals surface area contributed by atoms with Crippen LogP contribution in [0.4, 0.5) is 0 Å². The van der Waals surface area contributed by atoms with Crippen LogP contribution in [-0.4, -0.2) is 17.8 Å². The minimum Gasteiger partial charge on any atom is -0.373 e. The van der Waals surface area contributed by atoms with E-state index in [0.29, 0.717) is 19.8 Å². The van der Waals surface area contributed by atoms with Crippen molar-refractivity contribution in [3.8, 4) is 0 Å². The second-order valence-corrected chi connectivity index (χ2v) is 13.7. The Kier molecular flexibility index (Phi) is 8.78. The van der Waals surface area contributed by atoms with Crippen molar-refractivity contribution in [1.82, 2.24) is 0 Å². The molecule has 226 valence electrons. The Morgan fingerprint density at radius 2 is 1.23 bits per heavy atom. The fourth-order valence-corrected chi connectivity index (χ4v) is 8.22. The van der Waals surface area contributed by atoms with Gasteiger partial charge >= 0.3 is 0 Å². The Labute approximate surface area is 259 Å². The van der Waals surface area contributed by atoms with Crippen molar-refractivity contribution in [2.45, 2.75) is 104 Å². The first kappa shape index (κ1) is 30.1. The maximum absolute atomic E-state index is 7.35. The molecular formula is C40H48O3. The molecule has 4 atom stereocenters. The zero-order valence-corrected chi connectivity index (χ0v) is 26.5. The van der Waals surface area contributed by atoms with Crippen LogP contribution in [-0.2, 0) is 34.0 Å². The quantitative estimate of drug-likeness (QED) is 0.237. The normalized spacial score (nSPS) is 28.4. The van der Waals surface area contributed by atoms with Gasteiger partial charge in [-0.1, -0.05) is 129 Å². The molecule has 3 aromatic rings. The summed E-state index contributed by atoms with van der Waals surface area (Å²) < 4.78 is 21.4. The summed E-state index contributed by atoms with van der Waals surface area (Å²) in [6.07, 6.45) is 8.52. The van der Waals surface area contributed by atoms with Crippen molar-refractivity contribution in [2.24, 2.45) is 10.8 Å². The standard InChI is InChI=1S/C40H48O3/c1-30-23-26-40(43-29-33-19-12-7-13-20-33)37(42-28-32-17-10-6-11-18-32)35-21-14-22-36(41-27-31-15-8-5-9-16-31)39(35,4)25-24-34(30)38(40,2)3/h5-13,15-21,36-37H,14,22-29H2,1-4H3/t36-,37-,39-,40-/m0/s1. The van der Waals surface area contributed by atoms with Crippen molar-refractivity contribution in [1.29, 1.82) is 0 Å². The summed E-state index contributed by atoms with van der Waals surface area (Å²) in [5.41, 5.74) is 7.22. The molecule has 1 fully saturated rings. The molecular weight excluding hydrogens is 528 g/mol. The summed E-state index contributed by atoms with van der Waals surface area (Å²) in [4.78, 5) is 0. The molecule has 2 bridgehead atoms. The third kappa shape index (κ3) is 5.80. The van der Waals surface area contributed by atoms with Crippen LogP contribution in [0, 0.1) is 10.8 Å². The van der Waals surface area contributed by atoms with Crippen molar-refractivity contribution in [3.05, 3.63) is 130 Å². The van der Waals surface area contributed by atoms with Crippen LogP contribution in [0.5, 0.6) is 0 Å². The lowest BCUT2D eigenvalue weighted by Gasteiger charge is -2.60. The molecule has 0 aliphatic heterocycles.